The Morgan fingerprint density at radius 3 is 1.90 bits per heavy atom. The third-order valence-corrected chi connectivity index (χ3v) is 3.47. The number of quaternary nitrogens is 2. The lowest BCUT2D eigenvalue weighted by atomic mass is 10.2. The van der Waals surface area contributed by atoms with Gasteiger partial charge in [-0.15, -0.1) is 0 Å². The maximum atomic E-state index is 4.70. The van der Waals surface area contributed by atoms with Crippen LogP contribution in [0.15, 0.2) is 18.2 Å². The Morgan fingerprint density at radius 2 is 1.43 bits per heavy atom. The molecule has 2 heterocycles. The maximum Gasteiger partial charge on any atom is 0.118 e. The van der Waals surface area contributed by atoms with Gasteiger partial charge in [-0.3, -0.25) is 0 Å². The highest BCUT2D eigenvalue weighted by Gasteiger charge is 2.05. The first-order valence-corrected chi connectivity index (χ1v) is 7.11. The van der Waals surface area contributed by atoms with E-state index in [-0.39, 0.29) is 30.3 Å². The molecule has 0 unspecified atom stereocenters. The van der Waals surface area contributed by atoms with Crippen molar-refractivity contribution in [2.24, 2.45) is 0 Å². The van der Waals surface area contributed by atoms with E-state index in [0.717, 1.165) is 13.1 Å². The number of nitrogens with two attached hydrogens (primary N) is 2. The minimum absolute atomic E-state index is 0. The van der Waals surface area contributed by atoms with Crippen molar-refractivity contribution in [3.8, 4) is 0 Å². The molecule has 0 aromatic carbocycles. The number of halogens is 2. The molecule has 0 amide bonds. The normalized spacial score (nSPS) is 17.4. The summed E-state index contributed by atoms with van der Waals surface area (Å²) in [5.41, 5.74) is 2.43. The lowest BCUT2D eigenvalue weighted by molar-refractivity contribution is -0.673. The molecule has 124 valence electrons. The molecule has 1 aliphatic rings. The first kappa shape index (κ1) is 22.8. The largest absolute Gasteiger partial charge is 1.00 e. The Labute approximate surface area is 140 Å². The van der Waals surface area contributed by atoms with Gasteiger partial charge in [-0.1, -0.05) is 6.07 Å². The van der Waals surface area contributed by atoms with Crippen LogP contribution in [0.2, 0.25) is 0 Å². The van der Waals surface area contributed by atoms with Gasteiger partial charge in [0.25, 0.3) is 0 Å². The summed E-state index contributed by atoms with van der Waals surface area (Å²) in [6, 6.07) is 6.41. The minimum atomic E-state index is 0. The first-order valence-electron chi connectivity index (χ1n) is 7.11. The van der Waals surface area contributed by atoms with Crippen LogP contribution in [0, 0.1) is 0 Å². The Balaban J connectivity index is 0. The molecule has 5 nitrogen and oxygen atoms in total. The first-order chi connectivity index (χ1) is 8.84. The van der Waals surface area contributed by atoms with E-state index in [9.17, 15) is 0 Å². The third-order valence-electron chi connectivity index (χ3n) is 3.47. The van der Waals surface area contributed by atoms with E-state index in [0.29, 0.717) is 0 Å². The standard InChI is InChI=1S/C14H24N4.2ClH.H2O/c1-18-9-3-7-15-11-13-5-2-6-14(17-13)12-16-8-4-10-18;;;/h2,5-6,15-16H,3-4,7-12H2,1H3;2*1H;1H2. The van der Waals surface area contributed by atoms with Gasteiger partial charge < -0.3 is 45.8 Å². The second kappa shape index (κ2) is 13.2. The van der Waals surface area contributed by atoms with Crippen LogP contribution >= 0.6 is 0 Å². The van der Waals surface area contributed by atoms with Crippen LogP contribution < -0.4 is 35.4 Å². The van der Waals surface area contributed by atoms with Gasteiger partial charge in [-0.2, -0.15) is 0 Å². The van der Waals surface area contributed by atoms with Crippen LogP contribution in [0.4, 0.5) is 0 Å². The molecule has 21 heavy (non-hydrogen) atoms. The van der Waals surface area contributed by atoms with E-state index < -0.39 is 0 Å². The lowest BCUT2D eigenvalue weighted by Crippen LogP contribution is -3.00. The number of hydrogen-bond donors (Lipinski definition) is 2. The zero-order valence-electron chi connectivity index (χ0n) is 12.7. The Morgan fingerprint density at radius 1 is 0.952 bits per heavy atom. The second-order valence-electron chi connectivity index (χ2n) is 5.19. The third kappa shape index (κ3) is 9.24. The summed E-state index contributed by atoms with van der Waals surface area (Å²) in [7, 11) is 2.23. The Hall–Kier alpha value is -0.430. The van der Waals surface area contributed by atoms with Gasteiger partial charge in [0.05, 0.1) is 24.5 Å². The van der Waals surface area contributed by atoms with Crippen LogP contribution in [-0.4, -0.2) is 48.6 Å². The van der Waals surface area contributed by atoms with E-state index in [1.54, 1.807) is 0 Å². The number of rotatable bonds is 0. The summed E-state index contributed by atoms with van der Waals surface area (Å²) in [6.45, 7) is 6.84. The lowest BCUT2D eigenvalue weighted by Gasteiger charge is -2.15. The van der Waals surface area contributed by atoms with Gasteiger partial charge in [0, 0.05) is 25.9 Å². The van der Waals surface area contributed by atoms with Gasteiger partial charge in [0.1, 0.15) is 13.1 Å². The molecule has 1 aromatic rings. The van der Waals surface area contributed by atoms with Crippen LogP contribution in [0.1, 0.15) is 24.2 Å². The number of nitrogens with zero attached hydrogens (tertiary/aromatic N) is 2. The highest BCUT2D eigenvalue weighted by Crippen LogP contribution is 1.96. The number of aromatic nitrogens is 1. The van der Waals surface area contributed by atoms with E-state index in [4.69, 9.17) is 4.98 Å². The summed E-state index contributed by atoms with van der Waals surface area (Å²) in [5.74, 6) is 0. The smallest absolute Gasteiger partial charge is 0.118 e. The molecule has 0 saturated carbocycles. The highest BCUT2D eigenvalue weighted by atomic mass is 35.5. The molecule has 1 aliphatic heterocycles. The molecule has 0 atom stereocenters. The van der Waals surface area contributed by atoms with Crippen LogP contribution in [-0.2, 0) is 13.1 Å². The number of pyridine rings is 1. The molecule has 7 heteroatoms. The molecule has 0 radical (unpaired) electrons. The van der Waals surface area contributed by atoms with Crippen molar-refractivity contribution in [1.29, 1.82) is 0 Å². The quantitative estimate of drug-likeness (QED) is 0.492. The van der Waals surface area contributed by atoms with Crippen molar-refractivity contribution in [3.63, 3.8) is 0 Å². The van der Waals surface area contributed by atoms with Gasteiger partial charge >= 0.3 is 0 Å². The maximum absolute atomic E-state index is 4.70. The molecule has 6 N–H and O–H groups in total. The van der Waals surface area contributed by atoms with Crippen molar-refractivity contribution < 1.29 is 40.9 Å². The average Bonchev–Trinajstić information content (AvgIpc) is 2.38. The summed E-state index contributed by atoms with van der Waals surface area (Å²) < 4.78 is 0. The fourth-order valence-corrected chi connectivity index (χ4v) is 2.38. The fraction of sp³-hybridized carbons (Fsp3) is 0.643. The number of fused-ring (bicyclic) bond motifs is 2. The van der Waals surface area contributed by atoms with E-state index in [1.807, 2.05) is 0 Å². The van der Waals surface area contributed by atoms with Crippen LogP contribution in [0.3, 0.4) is 0 Å². The SMILES string of the molecule is CN1CCC[NH2+]Cc2cccc(n2)C[NH2+]CCC1.O.[Cl-].[Cl-]. The van der Waals surface area contributed by atoms with Gasteiger partial charge in [-0.05, 0) is 19.2 Å². The summed E-state index contributed by atoms with van der Waals surface area (Å²) in [4.78, 5) is 7.15. The Bertz CT molecular complexity index is 339. The Kier molecular flexibility index (Phi) is 14.4. The monoisotopic (exact) mass is 338 g/mol. The van der Waals surface area contributed by atoms with E-state index in [2.05, 4.69) is 40.8 Å². The highest BCUT2D eigenvalue weighted by molar-refractivity contribution is 5.09. The van der Waals surface area contributed by atoms with Crippen molar-refractivity contribution >= 4 is 0 Å². The predicted molar refractivity (Wildman–Crippen MR) is 75.6 cm³/mol. The van der Waals surface area contributed by atoms with Crippen LogP contribution in [0.5, 0.6) is 0 Å². The predicted octanol–water partition coefficient (Wildman–Crippen LogP) is -7.88. The van der Waals surface area contributed by atoms with Gasteiger partial charge in [0.2, 0.25) is 0 Å². The summed E-state index contributed by atoms with van der Waals surface area (Å²) >= 11 is 0. The average molecular weight is 339 g/mol. The minimum Gasteiger partial charge on any atom is -1.00 e. The van der Waals surface area contributed by atoms with Crippen molar-refractivity contribution in [3.05, 3.63) is 29.6 Å². The summed E-state index contributed by atoms with van der Waals surface area (Å²) in [5, 5.41) is 4.74. The number of hydrogen-bond acceptors (Lipinski definition) is 2. The molecule has 1 aromatic heterocycles. The van der Waals surface area contributed by atoms with Crippen LogP contribution in [0.25, 0.3) is 0 Å². The molecule has 0 saturated heterocycles. The zero-order chi connectivity index (χ0) is 12.6. The van der Waals surface area contributed by atoms with Crippen molar-refractivity contribution in [1.82, 2.24) is 9.88 Å². The molecule has 2 rings (SSSR count). The molecular formula is C14H28Cl2N4O. The van der Waals surface area contributed by atoms with Gasteiger partial charge in [0.15, 0.2) is 0 Å². The zero-order valence-corrected chi connectivity index (χ0v) is 14.2. The van der Waals surface area contributed by atoms with Crippen molar-refractivity contribution in [2.75, 3.05) is 33.2 Å². The topological polar surface area (TPSA) is 80.8 Å². The fourth-order valence-electron chi connectivity index (χ4n) is 2.38. The molecule has 0 aliphatic carbocycles. The van der Waals surface area contributed by atoms with E-state index >= 15 is 0 Å². The summed E-state index contributed by atoms with van der Waals surface area (Å²) in [6.07, 6.45) is 2.53. The molecular weight excluding hydrogens is 311 g/mol. The molecule has 2 bridgehead atoms. The second-order valence-corrected chi connectivity index (χ2v) is 5.19. The van der Waals surface area contributed by atoms with E-state index in [1.165, 1.54) is 50.4 Å². The van der Waals surface area contributed by atoms with Gasteiger partial charge in [-0.25, -0.2) is 4.98 Å². The molecule has 0 spiro atoms. The van der Waals surface area contributed by atoms with Crippen molar-refractivity contribution in [2.45, 2.75) is 25.9 Å². The molecule has 0 fully saturated rings.